The summed E-state index contributed by atoms with van der Waals surface area (Å²) in [5.41, 5.74) is 3.28. The summed E-state index contributed by atoms with van der Waals surface area (Å²) < 4.78 is 54.0. The molecule has 340 valence electrons. The topological polar surface area (TPSA) is 186 Å². The van der Waals surface area contributed by atoms with Crippen molar-refractivity contribution in [2.24, 2.45) is 0 Å². The zero-order valence-corrected chi connectivity index (χ0v) is 37.0. The normalized spacial score (nSPS) is 20.0. The zero-order valence-electron chi connectivity index (χ0n) is 36.2. The van der Waals surface area contributed by atoms with Gasteiger partial charge in [0.15, 0.2) is 12.4 Å². The second kappa shape index (κ2) is 35.9. The molecule has 0 aromatic heterocycles. The second-order valence-electron chi connectivity index (χ2n) is 16.2. The van der Waals surface area contributed by atoms with Crippen LogP contribution in [0.2, 0.25) is 0 Å². The van der Waals surface area contributed by atoms with Crippen LogP contribution in [0.3, 0.4) is 0 Å². The fourth-order valence-corrected chi connectivity index (χ4v) is 7.70. The number of rotatable bonds is 38. The van der Waals surface area contributed by atoms with Crippen molar-refractivity contribution in [2.45, 2.75) is 237 Å². The first kappa shape index (κ1) is 54.2. The number of aliphatic hydroxyl groups excluding tert-OH is 3. The number of aliphatic hydroxyl groups is 3. The molecule has 2 unspecified atom stereocenters. The Morgan fingerprint density at radius 3 is 1.50 bits per heavy atom. The highest BCUT2D eigenvalue weighted by Crippen LogP contribution is 2.24. The van der Waals surface area contributed by atoms with Gasteiger partial charge in [-0.05, 0) is 50.7 Å². The van der Waals surface area contributed by atoms with Gasteiger partial charge in [0.1, 0.15) is 36.8 Å². The summed E-state index contributed by atoms with van der Waals surface area (Å²) in [6, 6.07) is 0. The average molecular weight is 847 g/mol. The number of unbranched alkanes of at least 4 members (excludes halogenated alkanes) is 24. The Hall–Kier alpha value is -1.83. The number of esters is 2. The molecule has 4 N–H and O–H groups in total. The number of allylic oxidation sites excluding steroid dienone is 1. The van der Waals surface area contributed by atoms with Gasteiger partial charge in [0.2, 0.25) is 0 Å². The third-order valence-corrected chi connectivity index (χ3v) is 11.4. The van der Waals surface area contributed by atoms with Gasteiger partial charge in [-0.1, -0.05) is 149 Å². The van der Waals surface area contributed by atoms with Crippen LogP contribution >= 0.6 is 0 Å². The third-order valence-electron chi connectivity index (χ3n) is 10.6. The van der Waals surface area contributed by atoms with E-state index in [9.17, 15) is 37.9 Å². The fourth-order valence-electron chi connectivity index (χ4n) is 7.01. The summed E-state index contributed by atoms with van der Waals surface area (Å²) >= 11 is 0. The van der Waals surface area contributed by atoms with E-state index in [-0.39, 0.29) is 19.4 Å². The van der Waals surface area contributed by atoms with E-state index >= 15 is 0 Å². The first-order valence-electron chi connectivity index (χ1n) is 23.0. The van der Waals surface area contributed by atoms with Gasteiger partial charge in [0.25, 0.3) is 10.1 Å². The van der Waals surface area contributed by atoms with E-state index in [0.717, 1.165) is 57.8 Å². The maximum absolute atomic E-state index is 12.8. The quantitative estimate of drug-likeness (QED) is 0.0200. The molecule has 0 aromatic carbocycles. The Balaban J connectivity index is 2.45. The minimum atomic E-state index is -4.60. The van der Waals surface area contributed by atoms with Crippen molar-refractivity contribution in [1.29, 1.82) is 0 Å². The van der Waals surface area contributed by atoms with Crippen molar-refractivity contribution < 1.29 is 56.8 Å². The fraction of sp³-hybridized carbons (Fsp3) is 0.889. The smallest absolute Gasteiger partial charge is 0.306 e. The molecule has 0 spiro atoms. The Bertz CT molecular complexity index is 1190. The largest absolute Gasteiger partial charge is 0.462 e. The molecule has 0 radical (unpaired) electrons. The van der Waals surface area contributed by atoms with Gasteiger partial charge in [0, 0.05) is 12.8 Å². The van der Waals surface area contributed by atoms with Crippen LogP contribution in [-0.4, -0.2) is 96.0 Å². The van der Waals surface area contributed by atoms with Gasteiger partial charge in [-0.15, -0.1) is 5.73 Å². The monoisotopic (exact) mass is 847 g/mol. The molecule has 0 aromatic rings. The van der Waals surface area contributed by atoms with Gasteiger partial charge >= 0.3 is 11.9 Å². The first-order valence-corrected chi connectivity index (χ1v) is 24.6. The molecular weight excluding hydrogens is 765 g/mol. The van der Waals surface area contributed by atoms with Crippen LogP contribution in [0.1, 0.15) is 200 Å². The summed E-state index contributed by atoms with van der Waals surface area (Å²) in [5.74, 6) is -2.00. The van der Waals surface area contributed by atoms with Crippen molar-refractivity contribution in [2.75, 3.05) is 19.0 Å². The summed E-state index contributed by atoms with van der Waals surface area (Å²) in [6.07, 6.45) is 26.0. The van der Waals surface area contributed by atoms with Crippen LogP contribution in [0.4, 0.5) is 0 Å². The Morgan fingerprint density at radius 2 is 1.03 bits per heavy atom. The molecule has 0 aliphatic carbocycles. The molecule has 1 aliphatic rings. The van der Waals surface area contributed by atoms with Crippen molar-refractivity contribution >= 4 is 22.1 Å². The first-order chi connectivity index (χ1) is 28.0. The van der Waals surface area contributed by atoms with Gasteiger partial charge in [-0.3, -0.25) is 14.1 Å². The number of carbonyl (C=O) groups excluding carboxylic acids is 2. The van der Waals surface area contributed by atoms with Crippen molar-refractivity contribution in [3.05, 3.63) is 17.9 Å². The molecule has 58 heavy (non-hydrogen) atoms. The highest BCUT2D eigenvalue weighted by Gasteiger charge is 2.46. The molecule has 1 rings (SSSR count). The van der Waals surface area contributed by atoms with Crippen LogP contribution in [0.25, 0.3) is 0 Å². The number of carbonyl (C=O) groups is 2. The van der Waals surface area contributed by atoms with Crippen molar-refractivity contribution in [3.63, 3.8) is 0 Å². The molecule has 1 saturated heterocycles. The molecule has 13 heteroatoms. The molecule has 1 fully saturated rings. The zero-order chi connectivity index (χ0) is 42.7. The van der Waals surface area contributed by atoms with Gasteiger partial charge in [-0.2, -0.15) is 8.42 Å². The van der Waals surface area contributed by atoms with E-state index in [1.807, 2.05) is 0 Å². The van der Waals surface area contributed by atoms with Crippen LogP contribution in [0.5, 0.6) is 0 Å². The molecule has 12 nitrogen and oxygen atoms in total. The lowest BCUT2D eigenvalue weighted by atomic mass is 10.00. The lowest BCUT2D eigenvalue weighted by molar-refractivity contribution is -0.297. The van der Waals surface area contributed by atoms with Crippen LogP contribution in [-0.2, 0) is 38.7 Å². The molecule has 0 bridgehead atoms. The van der Waals surface area contributed by atoms with Gasteiger partial charge in [-0.25, -0.2) is 0 Å². The predicted octanol–water partition coefficient (Wildman–Crippen LogP) is 9.22. The maximum Gasteiger partial charge on any atom is 0.306 e. The third kappa shape index (κ3) is 30.2. The van der Waals surface area contributed by atoms with E-state index in [2.05, 4.69) is 31.7 Å². The maximum atomic E-state index is 12.8. The lowest BCUT2D eigenvalue weighted by Crippen LogP contribution is -2.60. The van der Waals surface area contributed by atoms with Crippen molar-refractivity contribution in [1.82, 2.24) is 0 Å². The second-order valence-corrected chi connectivity index (χ2v) is 17.7. The minimum Gasteiger partial charge on any atom is -0.462 e. The molecule has 6 atom stereocenters. The minimum absolute atomic E-state index is 0.147. The molecule has 1 aliphatic heterocycles. The standard InChI is InChI=1S/C45H82O12S/c1-3-5-7-9-11-13-15-17-19-21-23-25-27-29-31-33-40(46)54-35-38(36-55-45-44(50)43(49)42(48)39(57-45)37-58(51,52)53)56-41(47)34-32-30-28-26-24-22-20-18-16-14-12-10-8-6-4-2/h16,20,38-39,42-45,48-50H,3-15,17,19,21-37H2,1-2H3,(H,51,52,53)/t18?,38-,39-,42-,43?,44?,45+/m1/s1. The number of hydrogen-bond donors (Lipinski definition) is 4. The Morgan fingerprint density at radius 1 is 0.603 bits per heavy atom. The van der Waals surface area contributed by atoms with Gasteiger partial charge in [0.05, 0.1) is 6.61 Å². The summed E-state index contributed by atoms with van der Waals surface area (Å²) in [7, 11) is -4.60. The Kier molecular flexibility index (Phi) is 33.5. The average Bonchev–Trinajstić information content (AvgIpc) is 3.18. The predicted molar refractivity (Wildman–Crippen MR) is 228 cm³/mol. The van der Waals surface area contributed by atoms with Crippen molar-refractivity contribution in [3.8, 4) is 0 Å². The SMILES string of the molecule is CCCCCCCC=C=CCCCCCCCC(=O)O[C@H](COC(=O)CCCCCCCCCCCCCCCCC)CO[C@H]1O[C@H](CS(=O)(=O)O)[C@@H](O)C(O)C1O. The summed E-state index contributed by atoms with van der Waals surface area (Å²) in [4.78, 5) is 25.4. The van der Waals surface area contributed by atoms with Crippen LogP contribution < -0.4 is 0 Å². The number of ether oxygens (including phenoxy) is 4. The molecule has 0 saturated carbocycles. The van der Waals surface area contributed by atoms with Crippen LogP contribution in [0, 0.1) is 0 Å². The highest BCUT2D eigenvalue weighted by atomic mass is 32.2. The molecule has 1 heterocycles. The highest BCUT2D eigenvalue weighted by molar-refractivity contribution is 7.85. The van der Waals surface area contributed by atoms with E-state index in [4.69, 9.17) is 18.9 Å². The van der Waals surface area contributed by atoms with E-state index in [1.165, 1.54) is 103 Å². The summed E-state index contributed by atoms with van der Waals surface area (Å²) in [5, 5.41) is 30.9. The van der Waals surface area contributed by atoms with Crippen LogP contribution in [0.15, 0.2) is 17.9 Å². The van der Waals surface area contributed by atoms with E-state index < -0.39 is 71.2 Å². The summed E-state index contributed by atoms with van der Waals surface area (Å²) in [6.45, 7) is 3.74. The molecule has 0 amide bonds. The van der Waals surface area contributed by atoms with Gasteiger partial charge < -0.3 is 34.3 Å². The number of hydrogen-bond acceptors (Lipinski definition) is 11. The lowest BCUT2D eigenvalue weighted by Gasteiger charge is -2.40. The van der Waals surface area contributed by atoms with E-state index in [0.29, 0.717) is 12.8 Å². The molecular formula is C45H82O12S. The van der Waals surface area contributed by atoms with E-state index in [1.54, 1.807) is 0 Å². The Labute approximate surface area is 351 Å².